The summed E-state index contributed by atoms with van der Waals surface area (Å²) in [5.41, 5.74) is 0.310. The number of nitrogens with zero attached hydrogens (tertiary/aromatic N) is 2. The van der Waals surface area contributed by atoms with Gasteiger partial charge in [-0.15, -0.1) is 0 Å². The Bertz CT molecular complexity index is 482. The molecule has 1 unspecified atom stereocenters. The molecule has 1 aromatic heterocycles. The van der Waals surface area contributed by atoms with Gasteiger partial charge in [0.05, 0.1) is 11.9 Å². The van der Waals surface area contributed by atoms with Gasteiger partial charge in [-0.05, 0) is 24.7 Å². The molecule has 0 amide bonds. The molecule has 0 aliphatic rings. The third-order valence-corrected chi connectivity index (χ3v) is 3.70. The minimum Gasteiger partial charge on any atom is -0.396 e. The highest BCUT2D eigenvalue weighted by Gasteiger charge is 2.12. The van der Waals surface area contributed by atoms with E-state index in [2.05, 4.69) is 17.3 Å². The lowest BCUT2D eigenvalue weighted by molar-refractivity contribution is 0.255. The SMILES string of the molecule is CCCC(CCO)CNc1cnn(CC(C)C)c(=O)c1Cl. The van der Waals surface area contributed by atoms with Gasteiger partial charge in [-0.25, -0.2) is 4.68 Å². The maximum absolute atomic E-state index is 12.1. The quantitative estimate of drug-likeness (QED) is 0.735. The van der Waals surface area contributed by atoms with Gasteiger partial charge in [0.2, 0.25) is 0 Å². The van der Waals surface area contributed by atoms with E-state index in [-0.39, 0.29) is 17.2 Å². The number of aliphatic hydroxyl groups excluding tert-OH is 1. The molecule has 21 heavy (non-hydrogen) atoms. The summed E-state index contributed by atoms with van der Waals surface area (Å²) in [5.74, 6) is 0.706. The molecule has 120 valence electrons. The average molecular weight is 316 g/mol. The zero-order chi connectivity index (χ0) is 15.8. The minimum atomic E-state index is -0.260. The van der Waals surface area contributed by atoms with Crippen LogP contribution in [0.3, 0.4) is 0 Å². The number of anilines is 1. The monoisotopic (exact) mass is 315 g/mol. The van der Waals surface area contributed by atoms with Crippen LogP contribution in [0.25, 0.3) is 0 Å². The van der Waals surface area contributed by atoms with Crippen molar-refractivity contribution in [2.45, 2.75) is 46.6 Å². The largest absolute Gasteiger partial charge is 0.396 e. The highest BCUT2D eigenvalue weighted by Crippen LogP contribution is 2.18. The van der Waals surface area contributed by atoms with Crippen LogP contribution >= 0.6 is 11.6 Å². The number of hydrogen-bond donors (Lipinski definition) is 2. The molecule has 0 saturated heterocycles. The van der Waals surface area contributed by atoms with Gasteiger partial charge in [0.15, 0.2) is 0 Å². The lowest BCUT2D eigenvalue weighted by atomic mass is 10.0. The predicted octanol–water partition coefficient (Wildman–Crippen LogP) is 2.76. The first-order valence-electron chi connectivity index (χ1n) is 7.59. The van der Waals surface area contributed by atoms with E-state index in [0.29, 0.717) is 30.6 Å². The summed E-state index contributed by atoms with van der Waals surface area (Å²) in [6.07, 6.45) is 4.45. The van der Waals surface area contributed by atoms with Gasteiger partial charge in [0.25, 0.3) is 5.56 Å². The number of hydrogen-bond acceptors (Lipinski definition) is 4. The van der Waals surface area contributed by atoms with Crippen LogP contribution in [-0.2, 0) is 6.54 Å². The molecule has 0 radical (unpaired) electrons. The second kappa shape index (κ2) is 9.05. The molecule has 1 heterocycles. The molecule has 1 rings (SSSR count). The van der Waals surface area contributed by atoms with E-state index in [9.17, 15) is 4.79 Å². The first-order chi connectivity index (χ1) is 9.99. The van der Waals surface area contributed by atoms with Gasteiger partial charge in [-0.1, -0.05) is 38.8 Å². The van der Waals surface area contributed by atoms with Crippen molar-refractivity contribution >= 4 is 17.3 Å². The zero-order valence-corrected chi connectivity index (χ0v) is 13.9. The lowest BCUT2D eigenvalue weighted by Crippen LogP contribution is -2.27. The van der Waals surface area contributed by atoms with E-state index in [1.807, 2.05) is 13.8 Å². The third kappa shape index (κ3) is 5.67. The van der Waals surface area contributed by atoms with Crippen LogP contribution in [0.1, 0.15) is 40.0 Å². The lowest BCUT2D eigenvalue weighted by Gasteiger charge is -2.17. The highest BCUT2D eigenvalue weighted by atomic mass is 35.5. The van der Waals surface area contributed by atoms with Gasteiger partial charge in [-0.2, -0.15) is 5.10 Å². The maximum Gasteiger partial charge on any atom is 0.287 e. The van der Waals surface area contributed by atoms with E-state index < -0.39 is 0 Å². The molecular weight excluding hydrogens is 290 g/mol. The number of aromatic nitrogens is 2. The summed E-state index contributed by atoms with van der Waals surface area (Å²) in [7, 11) is 0. The van der Waals surface area contributed by atoms with E-state index in [1.54, 1.807) is 6.20 Å². The molecular formula is C15H26ClN3O2. The first-order valence-corrected chi connectivity index (χ1v) is 7.97. The molecule has 0 aliphatic carbocycles. The van der Waals surface area contributed by atoms with Crippen molar-refractivity contribution in [2.75, 3.05) is 18.5 Å². The van der Waals surface area contributed by atoms with E-state index in [1.165, 1.54) is 4.68 Å². The molecule has 6 heteroatoms. The molecule has 0 aliphatic heterocycles. The van der Waals surface area contributed by atoms with Crippen molar-refractivity contribution in [3.05, 3.63) is 21.6 Å². The fourth-order valence-corrected chi connectivity index (χ4v) is 2.47. The van der Waals surface area contributed by atoms with Crippen molar-refractivity contribution < 1.29 is 5.11 Å². The Morgan fingerprint density at radius 3 is 2.71 bits per heavy atom. The standard InChI is InChI=1S/C15H26ClN3O2/c1-4-5-12(6-7-20)8-17-13-9-18-19(10-11(2)3)15(21)14(13)16/h9,11-12,17,20H,4-8,10H2,1-3H3. The fraction of sp³-hybridized carbons (Fsp3) is 0.733. The Morgan fingerprint density at radius 2 is 2.14 bits per heavy atom. The molecule has 0 aromatic carbocycles. The minimum absolute atomic E-state index is 0.175. The van der Waals surface area contributed by atoms with Crippen molar-refractivity contribution in [2.24, 2.45) is 11.8 Å². The normalized spacial score (nSPS) is 12.7. The molecule has 5 nitrogen and oxygen atoms in total. The summed E-state index contributed by atoms with van der Waals surface area (Å²) >= 11 is 6.13. The van der Waals surface area contributed by atoms with Crippen LogP contribution in [0.15, 0.2) is 11.0 Å². The third-order valence-electron chi connectivity index (χ3n) is 3.34. The molecule has 0 fully saturated rings. The second-order valence-corrected chi connectivity index (χ2v) is 6.18. The average Bonchev–Trinajstić information content (AvgIpc) is 2.43. The van der Waals surface area contributed by atoms with Crippen LogP contribution in [0, 0.1) is 11.8 Å². The second-order valence-electron chi connectivity index (χ2n) is 5.80. The zero-order valence-electron chi connectivity index (χ0n) is 13.1. The van der Waals surface area contributed by atoms with Gasteiger partial charge in [0.1, 0.15) is 5.02 Å². The topological polar surface area (TPSA) is 67.2 Å². The van der Waals surface area contributed by atoms with Gasteiger partial charge < -0.3 is 10.4 Å². The van der Waals surface area contributed by atoms with Gasteiger partial charge >= 0.3 is 0 Å². The van der Waals surface area contributed by atoms with Crippen molar-refractivity contribution in [3.63, 3.8) is 0 Å². The van der Waals surface area contributed by atoms with Crippen LogP contribution in [-0.4, -0.2) is 28.0 Å². The van der Waals surface area contributed by atoms with E-state index >= 15 is 0 Å². The van der Waals surface area contributed by atoms with Crippen LogP contribution in [0.2, 0.25) is 5.02 Å². The maximum atomic E-state index is 12.1. The van der Waals surface area contributed by atoms with Crippen LogP contribution in [0.5, 0.6) is 0 Å². The molecule has 1 aromatic rings. The fourth-order valence-electron chi connectivity index (χ4n) is 2.26. The summed E-state index contributed by atoms with van der Waals surface area (Å²) in [5, 5.41) is 16.6. The first kappa shape index (κ1) is 18.0. The summed E-state index contributed by atoms with van der Waals surface area (Å²) in [6.45, 7) is 7.59. The Labute approximate surface area is 131 Å². The summed E-state index contributed by atoms with van der Waals surface area (Å²) < 4.78 is 1.40. The molecule has 0 bridgehead atoms. The number of nitrogens with one attached hydrogen (secondary N) is 1. The molecule has 2 N–H and O–H groups in total. The smallest absolute Gasteiger partial charge is 0.287 e. The Morgan fingerprint density at radius 1 is 1.43 bits per heavy atom. The van der Waals surface area contributed by atoms with Crippen molar-refractivity contribution in [1.82, 2.24) is 9.78 Å². The summed E-state index contributed by atoms with van der Waals surface area (Å²) in [4.78, 5) is 12.1. The highest BCUT2D eigenvalue weighted by molar-refractivity contribution is 6.32. The van der Waals surface area contributed by atoms with Gasteiger partial charge in [-0.3, -0.25) is 4.79 Å². The van der Waals surface area contributed by atoms with Gasteiger partial charge in [0, 0.05) is 19.7 Å². The Hall–Kier alpha value is -1.07. The van der Waals surface area contributed by atoms with Crippen LogP contribution < -0.4 is 10.9 Å². The molecule has 0 saturated carbocycles. The number of halogens is 1. The summed E-state index contributed by atoms with van der Waals surface area (Å²) in [6, 6.07) is 0. The Kier molecular flexibility index (Phi) is 7.75. The number of aliphatic hydroxyl groups is 1. The van der Waals surface area contributed by atoms with E-state index in [0.717, 1.165) is 19.3 Å². The van der Waals surface area contributed by atoms with E-state index in [4.69, 9.17) is 16.7 Å². The Balaban J connectivity index is 2.76. The van der Waals surface area contributed by atoms with Crippen molar-refractivity contribution in [3.8, 4) is 0 Å². The molecule has 0 spiro atoms. The molecule has 1 atom stereocenters. The van der Waals surface area contributed by atoms with Crippen molar-refractivity contribution in [1.29, 1.82) is 0 Å². The number of rotatable bonds is 9. The van der Waals surface area contributed by atoms with Crippen LogP contribution in [0.4, 0.5) is 5.69 Å². The predicted molar refractivity (Wildman–Crippen MR) is 86.9 cm³/mol.